The van der Waals surface area contributed by atoms with Crippen LogP contribution >= 0.6 is 11.8 Å². The Balaban J connectivity index is 1.42. The molecule has 0 unspecified atom stereocenters. The topological polar surface area (TPSA) is 21.3 Å². The quantitative estimate of drug-likeness (QED) is 0.575. The van der Waals surface area contributed by atoms with Crippen molar-refractivity contribution in [3.63, 3.8) is 0 Å². The molecule has 0 radical (unpaired) electrons. The molecule has 0 aliphatic heterocycles. The van der Waals surface area contributed by atoms with Gasteiger partial charge in [0.1, 0.15) is 0 Å². The molecular weight excluding hydrogens is 242 g/mol. The minimum Gasteiger partial charge on any atom is -0.377 e. The summed E-state index contributed by atoms with van der Waals surface area (Å²) in [4.78, 5) is 1.35. The molecule has 1 saturated carbocycles. The van der Waals surface area contributed by atoms with Gasteiger partial charge in [0, 0.05) is 23.7 Å². The number of nitrogens with one attached hydrogen (secondary N) is 1. The minimum atomic E-state index is 0.547. The van der Waals surface area contributed by atoms with Crippen LogP contribution in [-0.4, -0.2) is 31.6 Å². The SMILES string of the molecule is c1ccc(SCCNCCOC2CCCC2)cc1. The molecule has 0 heterocycles. The van der Waals surface area contributed by atoms with E-state index in [1.54, 1.807) is 0 Å². The molecule has 1 fully saturated rings. The van der Waals surface area contributed by atoms with Crippen LogP contribution < -0.4 is 5.32 Å². The first-order valence-electron chi connectivity index (χ1n) is 6.95. The molecule has 0 aromatic heterocycles. The number of thioether (sulfide) groups is 1. The van der Waals surface area contributed by atoms with E-state index in [0.717, 1.165) is 25.4 Å². The van der Waals surface area contributed by atoms with Crippen molar-refractivity contribution in [2.24, 2.45) is 0 Å². The number of hydrogen-bond donors (Lipinski definition) is 1. The summed E-state index contributed by atoms with van der Waals surface area (Å²) in [7, 11) is 0. The van der Waals surface area contributed by atoms with Crippen LogP contribution in [0.2, 0.25) is 0 Å². The van der Waals surface area contributed by atoms with Crippen LogP contribution in [0.15, 0.2) is 35.2 Å². The van der Waals surface area contributed by atoms with Gasteiger partial charge in [0.15, 0.2) is 0 Å². The minimum absolute atomic E-state index is 0.547. The third kappa shape index (κ3) is 5.42. The number of hydrogen-bond acceptors (Lipinski definition) is 3. The molecule has 1 aromatic rings. The predicted molar refractivity (Wildman–Crippen MR) is 78.2 cm³/mol. The Kier molecular flexibility index (Phi) is 6.62. The maximum Gasteiger partial charge on any atom is 0.0594 e. The second-order valence-electron chi connectivity index (χ2n) is 4.69. The van der Waals surface area contributed by atoms with Gasteiger partial charge in [-0.25, -0.2) is 0 Å². The van der Waals surface area contributed by atoms with Crippen molar-refractivity contribution in [2.45, 2.75) is 36.7 Å². The number of ether oxygens (including phenoxy) is 1. The van der Waals surface area contributed by atoms with Gasteiger partial charge in [0.05, 0.1) is 12.7 Å². The highest BCUT2D eigenvalue weighted by Gasteiger charge is 2.14. The van der Waals surface area contributed by atoms with Crippen LogP contribution in [0.1, 0.15) is 25.7 Å². The average Bonchev–Trinajstić information content (AvgIpc) is 2.92. The Morgan fingerprint density at radius 1 is 1.11 bits per heavy atom. The highest BCUT2D eigenvalue weighted by Crippen LogP contribution is 2.20. The summed E-state index contributed by atoms with van der Waals surface area (Å²) in [6, 6.07) is 10.6. The lowest BCUT2D eigenvalue weighted by atomic mass is 10.3. The highest BCUT2D eigenvalue weighted by atomic mass is 32.2. The first-order chi connectivity index (χ1) is 8.95. The highest BCUT2D eigenvalue weighted by molar-refractivity contribution is 7.99. The van der Waals surface area contributed by atoms with Crippen LogP contribution in [0.4, 0.5) is 0 Å². The molecule has 2 nitrogen and oxygen atoms in total. The normalized spacial score (nSPS) is 16.2. The van der Waals surface area contributed by atoms with Crippen LogP contribution in [0.25, 0.3) is 0 Å². The van der Waals surface area contributed by atoms with Gasteiger partial charge in [-0.15, -0.1) is 11.8 Å². The summed E-state index contributed by atoms with van der Waals surface area (Å²) in [6.07, 6.45) is 5.79. The summed E-state index contributed by atoms with van der Waals surface area (Å²) < 4.78 is 5.80. The van der Waals surface area contributed by atoms with E-state index >= 15 is 0 Å². The third-order valence-corrected chi connectivity index (χ3v) is 4.24. The standard InChI is InChI=1S/C15H23NOS/c1-2-8-15(9-3-1)18-13-11-16-10-12-17-14-6-4-5-7-14/h1-3,8-9,14,16H,4-7,10-13H2. The van der Waals surface area contributed by atoms with E-state index in [9.17, 15) is 0 Å². The Morgan fingerprint density at radius 2 is 1.89 bits per heavy atom. The summed E-state index contributed by atoms with van der Waals surface area (Å²) >= 11 is 1.90. The van der Waals surface area contributed by atoms with Crippen molar-refractivity contribution < 1.29 is 4.74 Å². The van der Waals surface area contributed by atoms with Gasteiger partial charge in [-0.05, 0) is 25.0 Å². The van der Waals surface area contributed by atoms with Crippen molar-refractivity contribution in [2.75, 3.05) is 25.4 Å². The fourth-order valence-corrected chi connectivity index (χ4v) is 3.07. The van der Waals surface area contributed by atoms with Crippen molar-refractivity contribution in [3.8, 4) is 0 Å². The maximum absolute atomic E-state index is 5.80. The fourth-order valence-electron chi connectivity index (χ4n) is 2.24. The zero-order valence-corrected chi connectivity index (χ0v) is 11.8. The van der Waals surface area contributed by atoms with Crippen LogP contribution in [0.3, 0.4) is 0 Å². The zero-order valence-electron chi connectivity index (χ0n) is 10.9. The van der Waals surface area contributed by atoms with Gasteiger partial charge in [-0.3, -0.25) is 0 Å². The summed E-state index contributed by atoms with van der Waals surface area (Å²) in [6.45, 7) is 2.89. The van der Waals surface area contributed by atoms with Gasteiger partial charge in [0.25, 0.3) is 0 Å². The van der Waals surface area contributed by atoms with Crippen LogP contribution in [0, 0.1) is 0 Å². The second-order valence-corrected chi connectivity index (χ2v) is 5.86. The molecule has 1 N–H and O–H groups in total. The fraction of sp³-hybridized carbons (Fsp3) is 0.600. The van der Waals surface area contributed by atoms with Gasteiger partial charge in [-0.2, -0.15) is 0 Å². The van der Waals surface area contributed by atoms with Crippen LogP contribution in [-0.2, 0) is 4.74 Å². The lowest BCUT2D eigenvalue weighted by Crippen LogP contribution is -2.24. The Hall–Kier alpha value is -0.510. The summed E-state index contributed by atoms with van der Waals surface area (Å²) in [5, 5.41) is 3.43. The summed E-state index contributed by atoms with van der Waals surface area (Å²) in [5.41, 5.74) is 0. The third-order valence-electron chi connectivity index (χ3n) is 3.23. The van der Waals surface area contributed by atoms with E-state index in [2.05, 4.69) is 35.6 Å². The molecule has 0 atom stereocenters. The van der Waals surface area contributed by atoms with Gasteiger partial charge in [0.2, 0.25) is 0 Å². The molecule has 1 aromatic carbocycles. The van der Waals surface area contributed by atoms with Gasteiger partial charge >= 0.3 is 0 Å². The van der Waals surface area contributed by atoms with E-state index in [0.29, 0.717) is 6.10 Å². The Bertz CT molecular complexity index is 312. The van der Waals surface area contributed by atoms with E-state index in [4.69, 9.17) is 4.74 Å². The molecule has 1 aliphatic rings. The first kappa shape index (κ1) is 13.9. The average molecular weight is 265 g/mol. The van der Waals surface area contributed by atoms with Crippen molar-refractivity contribution in [1.82, 2.24) is 5.32 Å². The van der Waals surface area contributed by atoms with Gasteiger partial charge in [-0.1, -0.05) is 31.0 Å². The molecule has 2 rings (SSSR count). The number of benzene rings is 1. The van der Waals surface area contributed by atoms with Crippen molar-refractivity contribution >= 4 is 11.8 Å². The molecule has 0 amide bonds. The van der Waals surface area contributed by atoms with E-state index < -0.39 is 0 Å². The monoisotopic (exact) mass is 265 g/mol. The second kappa shape index (κ2) is 8.57. The van der Waals surface area contributed by atoms with Gasteiger partial charge < -0.3 is 10.1 Å². The van der Waals surface area contributed by atoms with E-state index in [1.807, 2.05) is 11.8 Å². The smallest absolute Gasteiger partial charge is 0.0594 e. The molecule has 18 heavy (non-hydrogen) atoms. The zero-order chi connectivity index (χ0) is 12.5. The molecular formula is C15H23NOS. The van der Waals surface area contributed by atoms with Crippen LogP contribution in [0.5, 0.6) is 0 Å². The molecule has 0 saturated heterocycles. The molecule has 1 aliphatic carbocycles. The first-order valence-corrected chi connectivity index (χ1v) is 7.94. The van der Waals surface area contributed by atoms with Crippen molar-refractivity contribution in [1.29, 1.82) is 0 Å². The Morgan fingerprint density at radius 3 is 2.67 bits per heavy atom. The molecule has 100 valence electrons. The van der Waals surface area contributed by atoms with E-state index in [1.165, 1.54) is 30.6 Å². The largest absolute Gasteiger partial charge is 0.377 e. The maximum atomic E-state index is 5.80. The summed E-state index contributed by atoms with van der Waals surface area (Å²) in [5.74, 6) is 1.12. The van der Waals surface area contributed by atoms with Crippen molar-refractivity contribution in [3.05, 3.63) is 30.3 Å². The van der Waals surface area contributed by atoms with E-state index in [-0.39, 0.29) is 0 Å². The number of rotatable bonds is 8. The lowest BCUT2D eigenvalue weighted by Gasteiger charge is -2.11. The predicted octanol–water partition coefficient (Wildman–Crippen LogP) is 3.33. The molecule has 3 heteroatoms. The molecule has 0 spiro atoms. The Labute approximate surface area is 114 Å². The lowest BCUT2D eigenvalue weighted by molar-refractivity contribution is 0.0607. The molecule has 0 bridgehead atoms.